The van der Waals surface area contributed by atoms with E-state index in [1.54, 1.807) is 0 Å². The van der Waals surface area contributed by atoms with E-state index in [0.29, 0.717) is 6.54 Å². The topological polar surface area (TPSA) is 80.7 Å². The highest BCUT2D eigenvalue weighted by atomic mass is 35.5. The largest absolute Gasteiger partial charge is 0.444 e. The van der Waals surface area contributed by atoms with Crippen LogP contribution in [0.15, 0.2) is 18.2 Å². The van der Waals surface area contributed by atoms with E-state index in [0.717, 1.165) is 19.3 Å². The van der Waals surface area contributed by atoms with Gasteiger partial charge in [-0.25, -0.2) is 9.78 Å². The first-order chi connectivity index (χ1) is 12.6. The van der Waals surface area contributed by atoms with Crippen LogP contribution in [0.4, 0.5) is 13.6 Å². The van der Waals surface area contributed by atoms with Crippen LogP contribution in [-0.2, 0) is 4.74 Å². The number of halogens is 3. The average Bonchev–Trinajstić information content (AvgIpc) is 2.55. The zero-order chi connectivity index (χ0) is 21.3. The van der Waals surface area contributed by atoms with Crippen LogP contribution in [0.5, 0.6) is 5.88 Å². The molecule has 158 valence electrons. The monoisotopic (exact) mass is 412 g/mol. The Labute approximate surface area is 165 Å². The number of rotatable bonds is 7. The van der Waals surface area contributed by atoms with Crippen molar-refractivity contribution in [3.05, 3.63) is 23.4 Å². The van der Waals surface area contributed by atoms with Crippen LogP contribution >= 0.6 is 11.6 Å². The second-order valence-corrected chi connectivity index (χ2v) is 6.28. The molecule has 1 rings (SSSR count). The van der Waals surface area contributed by atoms with Gasteiger partial charge in [0.05, 0.1) is 0 Å². The number of carbonyl (C=O) groups is 1. The molecule has 1 heterocycles. The number of carbonyl (C=O) groups excluding carboxylic acids is 1. The number of aliphatic hydroxyl groups excluding tert-OH is 1. The molecule has 0 aromatic carbocycles. The molecule has 0 fully saturated rings. The van der Waals surface area contributed by atoms with E-state index < -0.39 is 12.2 Å². The van der Waals surface area contributed by atoms with Gasteiger partial charge in [-0.2, -0.15) is 8.78 Å². The third kappa shape index (κ3) is 20.5. The van der Waals surface area contributed by atoms with E-state index in [9.17, 15) is 13.6 Å². The summed E-state index contributed by atoms with van der Waals surface area (Å²) in [7, 11) is 0. The summed E-state index contributed by atoms with van der Waals surface area (Å²) in [6.45, 7) is 7.46. The Bertz CT molecular complexity index is 500. The fourth-order valence-corrected chi connectivity index (χ4v) is 1.62. The Hall–Kier alpha value is -1.67. The van der Waals surface area contributed by atoms with Gasteiger partial charge in [0, 0.05) is 19.2 Å². The molecule has 27 heavy (non-hydrogen) atoms. The lowest BCUT2D eigenvalue weighted by atomic mass is 10.2. The number of aromatic nitrogens is 1. The number of aliphatic hydroxyl groups is 1. The van der Waals surface area contributed by atoms with Crippen LogP contribution in [-0.4, -0.2) is 41.5 Å². The number of nitrogens with zero attached hydrogens (tertiary/aromatic N) is 1. The van der Waals surface area contributed by atoms with Gasteiger partial charge in [-0.15, -0.1) is 0 Å². The van der Waals surface area contributed by atoms with Gasteiger partial charge < -0.3 is 19.9 Å². The molecule has 0 unspecified atom stereocenters. The molecule has 1 aromatic heterocycles. The summed E-state index contributed by atoms with van der Waals surface area (Å²) >= 11 is 5.39. The molecule has 6 nitrogen and oxygen atoms in total. The van der Waals surface area contributed by atoms with Crippen LogP contribution < -0.4 is 10.1 Å². The molecular weight excluding hydrogens is 382 g/mol. The quantitative estimate of drug-likeness (QED) is 0.484. The van der Waals surface area contributed by atoms with Crippen molar-refractivity contribution in [3.8, 4) is 5.88 Å². The average molecular weight is 413 g/mol. The molecule has 0 aliphatic heterocycles. The van der Waals surface area contributed by atoms with Crippen molar-refractivity contribution < 1.29 is 28.2 Å². The summed E-state index contributed by atoms with van der Waals surface area (Å²) in [5, 5.41) is 11.3. The summed E-state index contributed by atoms with van der Waals surface area (Å²) in [5.74, 6) is -0.174. The Kier molecular flexibility index (Phi) is 16.8. The van der Waals surface area contributed by atoms with Crippen LogP contribution in [0.2, 0.25) is 5.15 Å². The summed E-state index contributed by atoms with van der Waals surface area (Å²) in [6, 6.07) is 4.25. The lowest BCUT2D eigenvalue weighted by Gasteiger charge is -2.19. The van der Waals surface area contributed by atoms with Crippen molar-refractivity contribution in [3.63, 3.8) is 0 Å². The van der Waals surface area contributed by atoms with Gasteiger partial charge >= 0.3 is 12.7 Å². The predicted molar refractivity (Wildman–Crippen MR) is 102 cm³/mol. The Morgan fingerprint density at radius 3 is 2.37 bits per heavy atom. The fraction of sp³-hybridized carbons (Fsp3) is 0.667. The van der Waals surface area contributed by atoms with Gasteiger partial charge in [-0.3, -0.25) is 0 Å². The number of hydrogen-bond acceptors (Lipinski definition) is 5. The van der Waals surface area contributed by atoms with Gasteiger partial charge in [-0.1, -0.05) is 31.5 Å². The summed E-state index contributed by atoms with van der Waals surface area (Å²) in [5.41, 5.74) is -0.435. The van der Waals surface area contributed by atoms with Crippen LogP contribution in [0.1, 0.15) is 53.9 Å². The molecule has 0 radical (unpaired) electrons. The first kappa shape index (κ1) is 27.5. The lowest BCUT2D eigenvalue weighted by molar-refractivity contribution is -0.0528. The molecule has 0 saturated heterocycles. The lowest BCUT2D eigenvalue weighted by Crippen LogP contribution is -2.32. The number of alkyl halides is 2. The number of pyridine rings is 1. The van der Waals surface area contributed by atoms with E-state index in [1.165, 1.54) is 18.2 Å². The highest BCUT2D eigenvalue weighted by molar-refractivity contribution is 6.29. The van der Waals surface area contributed by atoms with Crippen molar-refractivity contribution in [2.75, 3.05) is 13.2 Å². The number of unbranched alkanes of at least 4 members (excludes halogenated alkanes) is 2. The van der Waals surface area contributed by atoms with E-state index in [4.69, 9.17) is 21.4 Å². The molecule has 0 aliphatic rings. The third-order valence-corrected chi connectivity index (χ3v) is 2.61. The first-order valence-corrected chi connectivity index (χ1v) is 9.17. The van der Waals surface area contributed by atoms with E-state index in [-0.39, 0.29) is 23.7 Å². The van der Waals surface area contributed by atoms with Crippen molar-refractivity contribution in [2.24, 2.45) is 0 Å². The Morgan fingerprint density at radius 1 is 1.26 bits per heavy atom. The van der Waals surface area contributed by atoms with Crippen molar-refractivity contribution in [1.82, 2.24) is 10.3 Å². The number of ether oxygens (including phenoxy) is 2. The van der Waals surface area contributed by atoms with Gasteiger partial charge in [0.2, 0.25) is 5.88 Å². The standard InChI is InChI=1S/C10H21NO3.C6H4ClF2NO.C2H6/c1-10(2,3)14-9(13)11-7-5-4-6-8-12;7-4-2-1-3-5(10-4)11-6(8)9;1-2/h12H,4-8H2,1-3H3,(H,11,13);1-3,6H;1-2H3. The van der Waals surface area contributed by atoms with E-state index in [2.05, 4.69) is 15.0 Å². The molecule has 0 atom stereocenters. The van der Waals surface area contributed by atoms with Gasteiger partial charge in [0.15, 0.2) is 0 Å². The molecule has 0 saturated carbocycles. The van der Waals surface area contributed by atoms with E-state index >= 15 is 0 Å². The molecule has 0 bridgehead atoms. The van der Waals surface area contributed by atoms with Crippen molar-refractivity contribution >= 4 is 17.7 Å². The van der Waals surface area contributed by atoms with Gasteiger partial charge in [-0.05, 0) is 46.1 Å². The van der Waals surface area contributed by atoms with Gasteiger partial charge in [0.25, 0.3) is 0 Å². The Morgan fingerprint density at radius 2 is 1.89 bits per heavy atom. The summed E-state index contributed by atoms with van der Waals surface area (Å²) in [6.07, 6.45) is 2.21. The predicted octanol–water partition coefficient (Wildman–Crippen LogP) is 5.04. The highest BCUT2D eigenvalue weighted by Gasteiger charge is 2.15. The summed E-state index contributed by atoms with van der Waals surface area (Å²) < 4.78 is 32.1. The highest BCUT2D eigenvalue weighted by Crippen LogP contribution is 2.13. The second kappa shape index (κ2) is 16.5. The zero-order valence-electron chi connectivity index (χ0n) is 16.6. The van der Waals surface area contributed by atoms with Crippen LogP contribution in [0.3, 0.4) is 0 Å². The normalized spacial score (nSPS) is 10.1. The Balaban J connectivity index is 0. The second-order valence-electron chi connectivity index (χ2n) is 5.89. The first-order valence-electron chi connectivity index (χ1n) is 8.79. The summed E-state index contributed by atoms with van der Waals surface area (Å²) in [4.78, 5) is 14.6. The molecule has 0 aliphatic carbocycles. The third-order valence-electron chi connectivity index (χ3n) is 2.40. The number of alkyl carbamates (subject to hydrolysis) is 1. The SMILES string of the molecule is CC.CC(C)(C)OC(=O)NCCCCCO.FC(F)Oc1cccc(Cl)n1. The van der Waals surface area contributed by atoms with Crippen molar-refractivity contribution in [1.29, 1.82) is 0 Å². The molecule has 1 aromatic rings. The molecule has 9 heteroatoms. The maximum absolute atomic E-state index is 11.5. The molecular formula is C18H31ClF2N2O4. The van der Waals surface area contributed by atoms with E-state index in [1.807, 2.05) is 34.6 Å². The smallest absolute Gasteiger partial charge is 0.407 e. The fourth-order valence-electron chi connectivity index (χ4n) is 1.46. The minimum Gasteiger partial charge on any atom is -0.444 e. The maximum Gasteiger partial charge on any atom is 0.407 e. The zero-order valence-corrected chi connectivity index (χ0v) is 17.4. The molecule has 0 spiro atoms. The molecule has 2 N–H and O–H groups in total. The number of amides is 1. The van der Waals surface area contributed by atoms with Crippen molar-refractivity contribution in [2.45, 2.75) is 66.1 Å². The van der Waals surface area contributed by atoms with Crippen LogP contribution in [0.25, 0.3) is 0 Å². The number of hydrogen-bond donors (Lipinski definition) is 2. The minimum absolute atomic E-state index is 0.128. The number of nitrogens with one attached hydrogen (secondary N) is 1. The maximum atomic E-state index is 11.5. The van der Waals surface area contributed by atoms with Gasteiger partial charge in [0.1, 0.15) is 10.8 Å². The minimum atomic E-state index is -2.86. The van der Waals surface area contributed by atoms with Crippen LogP contribution in [0, 0.1) is 0 Å². The molecule has 1 amide bonds.